The Morgan fingerprint density at radius 2 is 1.86 bits per heavy atom. The maximum absolute atomic E-state index is 13.9. The van der Waals surface area contributed by atoms with Gasteiger partial charge in [0.2, 0.25) is 0 Å². The minimum absolute atomic E-state index is 0.118. The van der Waals surface area contributed by atoms with Crippen molar-refractivity contribution >= 4 is 23.4 Å². The maximum Gasteiger partial charge on any atom is 0.309 e. The summed E-state index contributed by atoms with van der Waals surface area (Å²) in [4.78, 5) is 20.0. The molecular formula is C29H31FN2O3S. The first-order valence-electron chi connectivity index (χ1n) is 12.0. The molecule has 36 heavy (non-hydrogen) atoms. The number of aryl methyl sites for hydroxylation is 2. The van der Waals surface area contributed by atoms with E-state index < -0.39 is 5.97 Å². The van der Waals surface area contributed by atoms with E-state index in [-0.39, 0.29) is 17.0 Å². The number of aliphatic carboxylic acids is 1. The van der Waals surface area contributed by atoms with E-state index in [0.29, 0.717) is 19.7 Å². The van der Waals surface area contributed by atoms with Crippen LogP contribution in [0.5, 0.6) is 0 Å². The minimum Gasteiger partial charge on any atom is -0.481 e. The quantitative estimate of drug-likeness (QED) is 0.201. The molecule has 0 spiro atoms. The van der Waals surface area contributed by atoms with Gasteiger partial charge in [-0.05, 0) is 72.9 Å². The fourth-order valence-corrected chi connectivity index (χ4v) is 5.21. The molecule has 7 heteroatoms. The molecule has 188 valence electrons. The molecule has 1 aliphatic heterocycles. The highest BCUT2D eigenvalue weighted by Crippen LogP contribution is 2.36. The molecule has 1 N–H and O–H groups in total. The molecule has 0 bridgehead atoms. The standard InChI is InChI=1S/C29H31FN2O3S/c1-19-7-12-27(13-20(19)2)36-28(24-5-4-6-26(30)14-24)18-35-31-21(3)23-10-8-22(9-11-23)15-32-16-25(17-32)29(33)34/h4-14,25,28H,15-18H2,1-3H3,(H,33,34). The Hall–Kier alpha value is -3.16. The third-order valence-electron chi connectivity index (χ3n) is 6.49. The van der Waals surface area contributed by atoms with Gasteiger partial charge in [-0.1, -0.05) is 47.6 Å². The molecule has 0 radical (unpaired) electrons. The maximum atomic E-state index is 13.9. The lowest BCUT2D eigenvalue weighted by atomic mass is 9.99. The van der Waals surface area contributed by atoms with E-state index in [1.54, 1.807) is 23.9 Å². The fourth-order valence-electron chi connectivity index (χ4n) is 4.08. The zero-order chi connectivity index (χ0) is 25.7. The summed E-state index contributed by atoms with van der Waals surface area (Å²) >= 11 is 1.64. The van der Waals surface area contributed by atoms with Gasteiger partial charge >= 0.3 is 5.97 Å². The second-order valence-electron chi connectivity index (χ2n) is 9.31. The Bertz CT molecular complexity index is 1240. The van der Waals surface area contributed by atoms with Crippen molar-refractivity contribution in [1.29, 1.82) is 0 Å². The molecule has 5 nitrogen and oxygen atoms in total. The predicted molar refractivity (Wildman–Crippen MR) is 142 cm³/mol. The van der Waals surface area contributed by atoms with Crippen molar-refractivity contribution in [2.75, 3.05) is 19.7 Å². The summed E-state index contributed by atoms with van der Waals surface area (Å²) in [5.74, 6) is -1.24. The topological polar surface area (TPSA) is 62.1 Å². The molecule has 4 rings (SSSR count). The third-order valence-corrected chi connectivity index (χ3v) is 7.71. The molecule has 0 aromatic heterocycles. The number of carboxylic acid groups (broad SMARTS) is 1. The number of thioether (sulfide) groups is 1. The lowest BCUT2D eigenvalue weighted by Gasteiger charge is -2.36. The van der Waals surface area contributed by atoms with Gasteiger partial charge in [0.05, 0.1) is 16.9 Å². The Kier molecular flexibility index (Phi) is 8.44. The first-order valence-corrected chi connectivity index (χ1v) is 12.9. The molecule has 1 aliphatic rings. The zero-order valence-electron chi connectivity index (χ0n) is 20.8. The normalized spacial score (nSPS) is 15.4. The number of rotatable bonds is 10. The number of carboxylic acids is 1. The molecule has 0 aliphatic carbocycles. The number of likely N-dealkylation sites (tertiary alicyclic amines) is 1. The van der Waals surface area contributed by atoms with Crippen LogP contribution in [-0.4, -0.2) is 41.4 Å². The van der Waals surface area contributed by atoms with E-state index in [2.05, 4.69) is 42.1 Å². The summed E-state index contributed by atoms with van der Waals surface area (Å²) in [7, 11) is 0. The van der Waals surface area contributed by atoms with E-state index >= 15 is 0 Å². The van der Waals surface area contributed by atoms with Gasteiger partial charge in [0.1, 0.15) is 12.4 Å². The SMILES string of the molecule is CC(=NOCC(Sc1ccc(C)c(C)c1)c1cccc(F)c1)c1ccc(CN2CC(C(=O)O)C2)cc1. The number of hydrogen-bond donors (Lipinski definition) is 1. The van der Waals surface area contributed by atoms with Gasteiger partial charge in [-0.15, -0.1) is 11.8 Å². The van der Waals surface area contributed by atoms with Gasteiger partial charge in [-0.2, -0.15) is 0 Å². The van der Waals surface area contributed by atoms with Crippen LogP contribution in [-0.2, 0) is 16.2 Å². The van der Waals surface area contributed by atoms with Crippen LogP contribution in [0.2, 0.25) is 0 Å². The van der Waals surface area contributed by atoms with Gasteiger partial charge in [-0.25, -0.2) is 4.39 Å². The number of hydrogen-bond acceptors (Lipinski definition) is 5. The first-order chi connectivity index (χ1) is 17.3. The van der Waals surface area contributed by atoms with Gasteiger partial charge < -0.3 is 9.94 Å². The lowest BCUT2D eigenvalue weighted by Crippen LogP contribution is -2.49. The van der Waals surface area contributed by atoms with Crippen molar-refractivity contribution < 1.29 is 19.1 Å². The third kappa shape index (κ3) is 6.74. The van der Waals surface area contributed by atoms with E-state index in [1.807, 2.05) is 37.3 Å². The summed E-state index contributed by atoms with van der Waals surface area (Å²) in [6, 6.07) is 21.0. The monoisotopic (exact) mass is 506 g/mol. The van der Waals surface area contributed by atoms with E-state index in [9.17, 15) is 9.18 Å². The van der Waals surface area contributed by atoms with Crippen molar-refractivity contribution in [3.05, 3.63) is 100 Å². The largest absolute Gasteiger partial charge is 0.481 e. The molecule has 0 saturated carbocycles. The lowest BCUT2D eigenvalue weighted by molar-refractivity contribution is -0.147. The van der Waals surface area contributed by atoms with Crippen LogP contribution < -0.4 is 0 Å². The highest BCUT2D eigenvalue weighted by molar-refractivity contribution is 7.99. The van der Waals surface area contributed by atoms with E-state index in [0.717, 1.165) is 33.8 Å². The Balaban J connectivity index is 1.38. The highest BCUT2D eigenvalue weighted by Gasteiger charge is 2.32. The van der Waals surface area contributed by atoms with Crippen LogP contribution in [0.25, 0.3) is 0 Å². The summed E-state index contributed by atoms with van der Waals surface area (Å²) in [6.45, 7) is 8.30. The second-order valence-corrected chi connectivity index (χ2v) is 10.6. The average Bonchev–Trinajstić information content (AvgIpc) is 2.82. The van der Waals surface area contributed by atoms with Crippen molar-refractivity contribution in [1.82, 2.24) is 4.90 Å². The number of nitrogens with zero attached hydrogens (tertiary/aromatic N) is 2. The zero-order valence-corrected chi connectivity index (χ0v) is 21.6. The van der Waals surface area contributed by atoms with Crippen LogP contribution in [0.15, 0.2) is 76.8 Å². The van der Waals surface area contributed by atoms with E-state index in [1.165, 1.54) is 17.2 Å². The molecule has 3 aromatic rings. The summed E-state index contributed by atoms with van der Waals surface area (Å²) in [5.41, 5.74) is 6.14. The van der Waals surface area contributed by atoms with Crippen molar-refractivity contribution in [3.8, 4) is 0 Å². The van der Waals surface area contributed by atoms with Crippen molar-refractivity contribution in [2.24, 2.45) is 11.1 Å². The number of oxime groups is 1. The van der Waals surface area contributed by atoms with Gasteiger partial charge in [0, 0.05) is 24.5 Å². The Morgan fingerprint density at radius 3 is 2.53 bits per heavy atom. The number of benzene rings is 3. The van der Waals surface area contributed by atoms with Gasteiger partial charge in [-0.3, -0.25) is 9.69 Å². The Labute approximate surface area is 216 Å². The highest BCUT2D eigenvalue weighted by atomic mass is 32.2. The number of carbonyl (C=O) groups is 1. The van der Waals surface area contributed by atoms with Crippen LogP contribution in [0.3, 0.4) is 0 Å². The Morgan fingerprint density at radius 1 is 1.11 bits per heavy atom. The molecule has 1 heterocycles. The van der Waals surface area contributed by atoms with Crippen LogP contribution in [0.1, 0.15) is 40.0 Å². The first kappa shape index (κ1) is 25.9. The fraction of sp³-hybridized carbons (Fsp3) is 0.310. The molecule has 1 atom stereocenters. The number of halogens is 1. The summed E-state index contributed by atoms with van der Waals surface area (Å²) in [6.07, 6.45) is 0. The summed E-state index contributed by atoms with van der Waals surface area (Å²) < 4.78 is 13.9. The molecule has 1 saturated heterocycles. The molecule has 1 unspecified atom stereocenters. The van der Waals surface area contributed by atoms with Crippen molar-refractivity contribution in [2.45, 2.75) is 37.5 Å². The van der Waals surface area contributed by atoms with Crippen molar-refractivity contribution in [3.63, 3.8) is 0 Å². The molecule has 0 amide bonds. The van der Waals surface area contributed by atoms with Gasteiger partial charge in [0.25, 0.3) is 0 Å². The second kappa shape index (κ2) is 11.7. The molecule has 1 fully saturated rings. The smallest absolute Gasteiger partial charge is 0.309 e. The minimum atomic E-state index is -0.722. The van der Waals surface area contributed by atoms with Gasteiger partial charge in [0.15, 0.2) is 0 Å². The van der Waals surface area contributed by atoms with Crippen LogP contribution >= 0.6 is 11.8 Å². The molecular weight excluding hydrogens is 475 g/mol. The molecule has 3 aromatic carbocycles. The van der Waals surface area contributed by atoms with Crippen LogP contribution in [0, 0.1) is 25.6 Å². The predicted octanol–water partition coefficient (Wildman–Crippen LogP) is 6.23. The van der Waals surface area contributed by atoms with Crippen LogP contribution in [0.4, 0.5) is 4.39 Å². The summed E-state index contributed by atoms with van der Waals surface area (Å²) in [5, 5.41) is 13.2. The average molecular weight is 507 g/mol. The van der Waals surface area contributed by atoms with E-state index in [4.69, 9.17) is 9.94 Å².